The number of ether oxygens (including phenoxy) is 1. The molecule has 0 radical (unpaired) electrons. The standard InChI is InChI=1S/C14H23N3O3S/c1-16-8-4-5-11(16)10-17(2)21(18,19)14-7-6-12(20-3)9-13(14)15/h6-7,9,11H,4-5,8,10,15H2,1-3H3. The lowest BCUT2D eigenvalue weighted by Gasteiger charge is -2.25. The molecule has 7 heteroatoms. The molecular formula is C14H23N3O3S. The largest absolute Gasteiger partial charge is 0.497 e. The van der Waals surface area contributed by atoms with Crippen molar-refractivity contribution < 1.29 is 13.2 Å². The lowest BCUT2D eigenvalue weighted by atomic mass is 10.2. The van der Waals surface area contributed by atoms with E-state index in [2.05, 4.69) is 4.90 Å². The van der Waals surface area contributed by atoms with Gasteiger partial charge in [0.05, 0.1) is 12.8 Å². The Labute approximate surface area is 126 Å². The number of sulfonamides is 1. The first kappa shape index (κ1) is 16.1. The van der Waals surface area contributed by atoms with Gasteiger partial charge in [0.25, 0.3) is 0 Å². The van der Waals surface area contributed by atoms with E-state index in [1.165, 1.54) is 23.5 Å². The summed E-state index contributed by atoms with van der Waals surface area (Å²) in [7, 11) is 1.57. The van der Waals surface area contributed by atoms with E-state index in [1.807, 2.05) is 7.05 Å². The summed E-state index contributed by atoms with van der Waals surface area (Å²) in [5, 5.41) is 0. The second-order valence-corrected chi connectivity index (χ2v) is 7.48. The molecule has 0 amide bonds. The van der Waals surface area contributed by atoms with Gasteiger partial charge in [-0.15, -0.1) is 0 Å². The first-order valence-electron chi connectivity index (χ1n) is 6.96. The van der Waals surface area contributed by atoms with Crippen LogP contribution in [0.15, 0.2) is 23.1 Å². The van der Waals surface area contributed by atoms with Gasteiger partial charge >= 0.3 is 0 Å². The number of rotatable bonds is 5. The molecule has 2 N–H and O–H groups in total. The maximum Gasteiger partial charge on any atom is 0.244 e. The molecule has 118 valence electrons. The number of hydrogen-bond acceptors (Lipinski definition) is 5. The topological polar surface area (TPSA) is 75.9 Å². The first-order chi connectivity index (χ1) is 9.86. The maximum absolute atomic E-state index is 12.6. The highest BCUT2D eigenvalue weighted by Crippen LogP contribution is 2.27. The third-order valence-corrected chi connectivity index (χ3v) is 5.94. The zero-order valence-corrected chi connectivity index (χ0v) is 13.6. The minimum Gasteiger partial charge on any atom is -0.497 e. The predicted molar refractivity (Wildman–Crippen MR) is 82.9 cm³/mol. The quantitative estimate of drug-likeness (QED) is 0.821. The zero-order valence-electron chi connectivity index (χ0n) is 12.7. The summed E-state index contributed by atoms with van der Waals surface area (Å²) in [5.41, 5.74) is 6.07. The number of nitrogen functional groups attached to an aromatic ring is 1. The molecule has 0 aromatic heterocycles. The van der Waals surface area contributed by atoms with Crippen LogP contribution in [0, 0.1) is 0 Å². The molecule has 1 aliphatic rings. The van der Waals surface area contributed by atoms with Gasteiger partial charge in [0.15, 0.2) is 0 Å². The fraction of sp³-hybridized carbons (Fsp3) is 0.571. The molecule has 0 saturated carbocycles. The number of hydrogen-bond donors (Lipinski definition) is 1. The SMILES string of the molecule is COc1ccc(S(=O)(=O)N(C)CC2CCCN2C)c(N)c1. The number of anilines is 1. The second kappa shape index (κ2) is 6.21. The van der Waals surface area contributed by atoms with Gasteiger partial charge < -0.3 is 15.4 Å². The third-order valence-electron chi connectivity index (χ3n) is 4.04. The van der Waals surface area contributed by atoms with Gasteiger partial charge in [0.2, 0.25) is 10.0 Å². The number of likely N-dealkylation sites (N-methyl/N-ethyl adjacent to an activating group) is 2. The number of nitrogens with zero attached hydrogens (tertiary/aromatic N) is 2. The van der Waals surface area contributed by atoms with Crippen molar-refractivity contribution >= 4 is 15.7 Å². The Morgan fingerprint density at radius 3 is 2.71 bits per heavy atom. The Morgan fingerprint density at radius 2 is 2.19 bits per heavy atom. The van der Waals surface area contributed by atoms with Crippen LogP contribution in [0.25, 0.3) is 0 Å². The van der Waals surface area contributed by atoms with Crippen LogP contribution in [0.5, 0.6) is 5.75 Å². The number of methoxy groups -OCH3 is 1. The Hall–Kier alpha value is -1.31. The smallest absolute Gasteiger partial charge is 0.244 e. The lowest BCUT2D eigenvalue weighted by molar-refractivity contribution is 0.271. The van der Waals surface area contributed by atoms with Gasteiger partial charge in [-0.25, -0.2) is 8.42 Å². The van der Waals surface area contributed by atoms with Crippen LogP contribution in [0.3, 0.4) is 0 Å². The van der Waals surface area contributed by atoms with Crippen molar-refractivity contribution in [3.05, 3.63) is 18.2 Å². The number of likely N-dealkylation sites (tertiary alicyclic amines) is 1. The fourth-order valence-corrected chi connectivity index (χ4v) is 3.96. The van der Waals surface area contributed by atoms with Crippen molar-refractivity contribution in [3.8, 4) is 5.75 Å². The minimum absolute atomic E-state index is 0.131. The van der Waals surface area contributed by atoms with Crippen LogP contribution >= 0.6 is 0 Å². The average molecular weight is 313 g/mol. The number of benzene rings is 1. The lowest BCUT2D eigenvalue weighted by Crippen LogP contribution is -2.39. The van der Waals surface area contributed by atoms with Crippen LogP contribution in [-0.4, -0.2) is 58.0 Å². The normalized spacial score (nSPS) is 20.1. The molecule has 0 bridgehead atoms. The molecule has 1 unspecified atom stereocenters. The molecule has 1 fully saturated rings. The van der Waals surface area contributed by atoms with Crippen molar-refractivity contribution in [1.82, 2.24) is 9.21 Å². The maximum atomic E-state index is 12.6. The van der Waals surface area contributed by atoms with Crippen molar-refractivity contribution in [3.63, 3.8) is 0 Å². The molecule has 1 atom stereocenters. The average Bonchev–Trinajstić information content (AvgIpc) is 2.83. The summed E-state index contributed by atoms with van der Waals surface area (Å²) in [6, 6.07) is 4.91. The Bertz CT molecular complexity index is 603. The van der Waals surface area contributed by atoms with Crippen LogP contribution < -0.4 is 10.5 Å². The van der Waals surface area contributed by atoms with E-state index in [9.17, 15) is 8.42 Å². The summed E-state index contributed by atoms with van der Waals surface area (Å²) in [6.45, 7) is 1.49. The molecule has 0 aliphatic carbocycles. The Balaban J connectivity index is 2.20. The highest BCUT2D eigenvalue weighted by atomic mass is 32.2. The summed E-state index contributed by atoms with van der Waals surface area (Å²) >= 11 is 0. The highest BCUT2D eigenvalue weighted by molar-refractivity contribution is 7.89. The van der Waals surface area contributed by atoms with E-state index >= 15 is 0 Å². The van der Waals surface area contributed by atoms with E-state index in [0.717, 1.165) is 19.4 Å². The molecule has 1 aromatic rings. The summed E-state index contributed by atoms with van der Waals surface area (Å²) in [6.07, 6.45) is 2.13. The Morgan fingerprint density at radius 1 is 1.48 bits per heavy atom. The van der Waals surface area contributed by atoms with Crippen molar-refractivity contribution in [1.29, 1.82) is 0 Å². The molecule has 2 rings (SSSR count). The van der Waals surface area contributed by atoms with Gasteiger partial charge in [-0.1, -0.05) is 0 Å². The van der Waals surface area contributed by atoms with Crippen LogP contribution in [0.2, 0.25) is 0 Å². The summed E-state index contributed by atoms with van der Waals surface area (Å²) in [5.74, 6) is 0.546. The fourth-order valence-electron chi connectivity index (χ4n) is 2.66. The molecule has 21 heavy (non-hydrogen) atoms. The van der Waals surface area contributed by atoms with Crippen molar-refractivity contribution in [2.24, 2.45) is 0 Å². The van der Waals surface area contributed by atoms with Gasteiger partial charge in [0, 0.05) is 25.7 Å². The summed E-state index contributed by atoms with van der Waals surface area (Å²) in [4.78, 5) is 2.33. The van der Waals surface area contributed by atoms with Crippen LogP contribution in [-0.2, 0) is 10.0 Å². The molecule has 1 heterocycles. The third kappa shape index (κ3) is 3.30. The second-order valence-electron chi connectivity index (χ2n) is 5.47. The van der Waals surface area contributed by atoms with Crippen molar-refractivity contribution in [2.45, 2.75) is 23.8 Å². The monoisotopic (exact) mass is 313 g/mol. The minimum atomic E-state index is -3.58. The van der Waals surface area contributed by atoms with Gasteiger partial charge in [0.1, 0.15) is 10.6 Å². The van der Waals surface area contributed by atoms with E-state index in [4.69, 9.17) is 10.5 Å². The molecule has 1 aromatic carbocycles. The van der Waals surface area contributed by atoms with Crippen molar-refractivity contribution in [2.75, 3.05) is 40.0 Å². The van der Waals surface area contributed by atoms with Gasteiger partial charge in [-0.3, -0.25) is 0 Å². The predicted octanol–water partition coefficient (Wildman–Crippen LogP) is 0.992. The summed E-state index contributed by atoms with van der Waals surface area (Å²) < 4.78 is 31.7. The van der Waals surface area contributed by atoms with Gasteiger partial charge in [-0.05, 0) is 38.6 Å². The number of nitrogens with two attached hydrogens (primary N) is 1. The molecule has 0 spiro atoms. The van der Waals surface area contributed by atoms with E-state index < -0.39 is 10.0 Å². The van der Waals surface area contributed by atoms with E-state index in [0.29, 0.717) is 12.3 Å². The highest BCUT2D eigenvalue weighted by Gasteiger charge is 2.29. The molecular weight excluding hydrogens is 290 g/mol. The Kier molecular flexibility index (Phi) is 4.75. The van der Waals surface area contributed by atoms with Crippen LogP contribution in [0.4, 0.5) is 5.69 Å². The zero-order chi connectivity index (χ0) is 15.6. The molecule has 1 aliphatic heterocycles. The van der Waals surface area contributed by atoms with Gasteiger partial charge in [-0.2, -0.15) is 4.31 Å². The van der Waals surface area contributed by atoms with E-state index in [-0.39, 0.29) is 16.6 Å². The molecule has 6 nitrogen and oxygen atoms in total. The first-order valence-corrected chi connectivity index (χ1v) is 8.40. The van der Waals surface area contributed by atoms with E-state index in [1.54, 1.807) is 13.1 Å². The molecule has 1 saturated heterocycles. The van der Waals surface area contributed by atoms with Crippen LogP contribution in [0.1, 0.15) is 12.8 Å².